The standard InChI is InChI=1S/C15H19BrN2/c1-3-18-11-13(10-17-18)8-15(9-16)14-6-4-5-12(2)7-14/h4-7,10-11,15H,3,8-9H2,1-2H3. The highest BCUT2D eigenvalue weighted by molar-refractivity contribution is 9.09. The van der Waals surface area contributed by atoms with Gasteiger partial charge in [0.05, 0.1) is 6.20 Å². The minimum atomic E-state index is 0.513. The molecule has 0 bridgehead atoms. The Hall–Kier alpha value is -1.09. The molecule has 1 atom stereocenters. The summed E-state index contributed by atoms with van der Waals surface area (Å²) in [7, 11) is 0. The van der Waals surface area contributed by atoms with Crippen LogP contribution in [0.1, 0.15) is 29.5 Å². The Balaban J connectivity index is 2.14. The van der Waals surface area contributed by atoms with Gasteiger partial charge in [0, 0.05) is 18.1 Å². The number of alkyl halides is 1. The lowest BCUT2D eigenvalue weighted by molar-refractivity contribution is 0.658. The van der Waals surface area contributed by atoms with E-state index >= 15 is 0 Å². The highest BCUT2D eigenvalue weighted by atomic mass is 79.9. The molecular formula is C15H19BrN2. The molecule has 0 aliphatic heterocycles. The predicted molar refractivity (Wildman–Crippen MR) is 79.3 cm³/mol. The molecule has 0 amide bonds. The van der Waals surface area contributed by atoms with E-state index in [9.17, 15) is 0 Å². The molecule has 3 heteroatoms. The van der Waals surface area contributed by atoms with Crippen molar-refractivity contribution in [3.05, 3.63) is 53.3 Å². The molecular weight excluding hydrogens is 288 g/mol. The number of hydrogen-bond acceptors (Lipinski definition) is 1. The molecule has 0 aliphatic rings. The fourth-order valence-electron chi connectivity index (χ4n) is 2.15. The third kappa shape index (κ3) is 3.22. The summed E-state index contributed by atoms with van der Waals surface area (Å²) in [4.78, 5) is 0. The zero-order chi connectivity index (χ0) is 13.0. The Labute approximate surface area is 117 Å². The first kappa shape index (κ1) is 13.3. The fourth-order valence-corrected chi connectivity index (χ4v) is 2.76. The monoisotopic (exact) mass is 306 g/mol. The molecule has 1 unspecified atom stereocenters. The Morgan fingerprint density at radius 2 is 2.22 bits per heavy atom. The number of halogens is 1. The number of aryl methyl sites for hydroxylation is 2. The second kappa shape index (κ2) is 6.19. The molecule has 2 rings (SSSR count). The Bertz CT molecular complexity index is 505. The van der Waals surface area contributed by atoms with Crippen LogP contribution in [0.25, 0.3) is 0 Å². The summed E-state index contributed by atoms with van der Waals surface area (Å²) >= 11 is 3.63. The zero-order valence-corrected chi connectivity index (χ0v) is 12.5. The van der Waals surface area contributed by atoms with Gasteiger partial charge in [-0.15, -0.1) is 0 Å². The molecule has 1 heterocycles. The first-order valence-corrected chi connectivity index (χ1v) is 7.49. The highest BCUT2D eigenvalue weighted by Gasteiger charge is 2.12. The van der Waals surface area contributed by atoms with Gasteiger partial charge in [-0.3, -0.25) is 4.68 Å². The van der Waals surface area contributed by atoms with Crippen molar-refractivity contribution in [2.75, 3.05) is 5.33 Å². The van der Waals surface area contributed by atoms with Gasteiger partial charge in [-0.1, -0.05) is 45.8 Å². The summed E-state index contributed by atoms with van der Waals surface area (Å²) in [5.74, 6) is 0.513. The molecule has 0 radical (unpaired) electrons. The van der Waals surface area contributed by atoms with Crippen molar-refractivity contribution in [1.82, 2.24) is 9.78 Å². The van der Waals surface area contributed by atoms with E-state index in [4.69, 9.17) is 0 Å². The third-order valence-electron chi connectivity index (χ3n) is 3.19. The van der Waals surface area contributed by atoms with Crippen LogP contribution in [0.15, 0.2) is 36.7 Å². The second-order valence-corrected chi connectivity index (χ2v) is 5.32. The first-order valence-electron chi connectivity index (χ1n) is 6.36. The van der Waals surface area contributed by atoms with Crippen molar-refractivity contribution >= 4 is 15.9 Å². The first-order chi connectivity index (χ1) is 8.72. The maximum absolute atomic E-state index is 4.33. The van der Waals surface area contributed by atoms with Crippen LogP contribution in [0.3, 0.4) is 0 Å². The summed E-state index contributed by atoms with van der Waals surface area (Å²) in [6.45, 7) is 5.19. The van der Waals surface area contributed by atoms with Crippen molar-refractivity contribution in [2.24, 2.45) is 0 Å². The van der Waals surface area contributed by atoms with E-state index in [0.717, 1.165) is 18.3 Å². The molecule has 1 aromatic carbocycles. The van der Waals surface area contributed by atoms with Gasteiger partial charge in [0.15, 0.2) is 0 Å². The molecule has 0 spiro atoms. The maximum Gasteiger partial charge on any atom is 0.0521 e. The van der Waals surface area contributed by atoms with Crippen LogP contribution in [0, 0.1) is 6.92 Å². The maximum atomic E-state index is 4.33. The minimum absolute atomic E-state index is 0.513. The van der Waals surface area contributed by atoms with Crippen LogP contribution < -0.4 is 0 Å². The lowest BCUT2D eigenvalue weighted by atomic mass is 9.94. The number of aromatic nitrogens is 2. The molecule has 0 aliphatic carbocycles. The summed E-state index contributed by atoms with van der Waals surface area (Å²) in [6.07, 6.45) is 5.16. The zero-order valence-electron chi connectivity index (χ0n) is 10.9. The van der Waals surface area contributed by atoms with Crippen molar-refractivity contribution in [3.63, 3.8) is 0 Å². The number of hydrogen-bond donors (Lipinski definition) is 0. The molecule has 0 saturated heterocycles. The van der Waals surface area contributed by atoms with E-state index in [1.165, 1.54) is 16.7 Å². The van der Waals surface area contributed by atoms with Crippen LogP contribution in [0.5, 0.6) is 0 Å². The minimum Gasteiger partial charge on any atom is -0.273 e. The molecule has 0 fully saturated rings. The molecule has 1 aromatic heterocycles. The van der Waals surface area contributed by atoms with Crippen molar-refractivity contribution in [3.8, 4) is 0 Å². The van der Waals surface area contributed by atoms with E-state index in [1.807, 2.05) is 10.9 Å². The molecule has 0 N–H and O–H groups in total. The molecule has 0 saturated carbocycles. The molecule has 18 heavy (non-hydrogen) atoms. The lowest BCUT2D eigenvalue weighted by Crippen LogP contribution is -2.04. The Morgan fingerprint density at radius 1 is 1.39 bits per heavy atom. The SMILES string of the molecule is CCn1cc(CC(CBr)c2cccc(C)c2)cn1. The van der Waals surface area contributed by atoms with E-state index in [2.05, 4.69) is 65.3 Å². The smallest absolute Gasteiger partial charge is 0.0521 e. The van der Waals surface area contributed by atoms with Gasteiger partial charge in [0.2, 0.25) is 0 Å². The van der Waals surface area contributed by atoms with Gasteiger partial charge in [0.25, 0.3) is 0 Å². The van der Waals surface area contributed by atoms with Crippen LogP contribution in [0.4, 0.5) is 0 Å². The van der Waals surface area contributed by atoms with E-state index in [1.54, 1.807) is 0 Å². The van der Waals surface area contributed by atoms with Crippen LogP contribution in [0.2, 0.25) is 0 Å². The quantitative estimate of drug-likeness (QED) is 0.765. The third-order valence-corrected chi connectivity index (χ3v) is 3.97. The average molecular weight is 307 g/mol. The Kier molecular flexibility index (Phi) is 4.59. The normalized spacial score (nSPS) is 12.6. The van der Waals surface area contributed by atoms with E-state index in [0.29, 0.717) is 5.92 Å². The van der Waals surface area contributed by atoms with Gasteiger partial charge in [-0.2, -0.15) is 5.10 Å². The molecule has 2 nitrogen and oxygen atoms in total. The van der Waals surface area contributed by atoms with Crippen LogP contribution in [-0.2, 0) is 13.0 Å². The number of nitrogens with zero attached hydrogens (tertiary/aromatic N) is 2. The van der Waals surface area contributed by atoms with Crippen LogP contribution >= 0.6 is 15.9 Å². The summed E-state index contributed by atoms with van der Waals surface area (Å²) in [6, 6.07) is 8.76. The van der Waals surface area contributed by atoms with E-state index < -0.39 is 0 Å². The van der Waals surface area contributed by atoms with Gasteiger partial charge < -0.3 is 0 Å². The summed E-state index contributed by atoms with van der Waals surface area (Å²) < 4.78 is 1.98. The lowest BCUT2D eigenvalue weighted by Gasteiger charge is -2.14. The topological polar surface area (TPSA) is 17.8 Å². The number of rotatable bonds is 5. The van der Waals surface area contributed by atoms with Crippen molar-refractivity contribution < 1.29 is 0 Å². The van der Waals surface area contributed by atoms with Crippen molar-refractivity contribution in [2.45, 2.75) is 32.7 Å². The summed E-state index contributed by atoms with van der Waals surface area (Å²) in [5, 5.41) is 5.31. The fraction of sp³-hybridized carbons (Fsp3) is 0.400. The van der Waals surface area contributed by atoms with Gasteiger partial charge in [-0.25, -0.2) is 0 Å². The predicted octanol–water partition coefficient (Wildman–Crippen LogP) is 3.93. The van der Waals surface area contributed by atoms with Crippen molar-refractivity contribution in [1.29, 1.82) is 0 Å². The van der Waals surface area contributed by atoms with Gasteiger partial charge in [0.1, 0.15) is 0 Å². The highest BCUT2D eigenvalue weighted by Crippen LogP contribution is 2.23. The second-order valence-electron chi connectivity index (χ2n) is 4.67. The molecule has 2 aromatic rings. The van der Waals surface area contributed by atoms with E-state index in [-0.39, 0.29) is 0 Å². The molecule has 96 valence electrons. The Morgan fingerprint density at radius 3 is 2.83 bits per heavy atom. The van der Waals surface area contributed by atoms with Gasteiger partial charge >= 0.3 is 0 Å². The number of benzene rings is 1. The summed E-state index contributed by atoms with van der Waals surface area (Å²) in [5.41, 5.74) is 4.03. The average Bonchev–Trinajstić information content (AvgIpc) is 2.83. The van der Waals surface area contributed by atoms with Crippen LogP contribution in [-0.4, -0.2) is 15.1 Å². The van der Waals surface area contributed by atoms with Gasteiger partial charge in [-0.05, 0) is 37.3 Å². The largest absolute Gasteiger partial charge is 0.273 e.